The van der Waals surface area contributed by atoms with Crippen LogP contribution in [0.1, 0.15) is 6.42 Å². The molecule has 0 aromatic heterocycles. The first kappa shape index (κ1) is 35.2. The molecule has 0 aliphatic carbocycles. The van der Waals surface area contributed by atoms with Gasteiger partial charge in [0.1, 0.15) is 22.6 Å². The zero-order chi connectivity index (χ0) is 22.7. The molecule has 0 saturated carbocycles. The highest BCUT2D eigenvalue weighted by molar-refractivity contribution is 9.42. The van der Waals surface area contributed by atoms with E-state index in [0.29, 0.717) is 6.42 Å². The van der Waals surface area contributed by atoms with Crippen LogP contribution in [0.15, 0.2) is 0 Å². The molecule has 0 amide bonds. The molecule has 17 heteroatoms. The first-order chi connectivity index (χ1) is 11.3. The molecule has 0 N–H and O–H groups in total. The van der Waals surface area contributed by atoms with Crippen LogP contribution >= 0.6 is 271 Å². The van der Waals surface area contributed by atoms with Gasteiger partial charge in [-0.25, -0.2) is 0 Å². The van der Waals surface area contributed by atoms with Crippen LogP contribution in [-0.4, -0.2) is 24.8 Å². The second kappa shape index (κ2) is 11.5. The highest BCUT2D eigenvalue weighted by atomic mass is 80.0. The summed E-state index contributed by atoms with van der Waals surface area (Å²) in [6.07, 6.45) is 0.498. The Kier molecular flexibility index (Phi) is 15.0. The van der Waals surface area contributed by atoms with Crippen LogP contribution in [0.3, 0.4) is 0 Å². The van der Waals surface area contributed by atoms with Gasteiger partial charge >= 0.3 is 0 Å². The Morgan fingerprint density at radius 2 is 0.593 bits per heavy atom. The van der Waals surface area contributed by atoms with Crippen molar-refractivity contribution in [3.8, 4) is 0 Å². The van der Waals surface area contributed by atoms with E-state index in [2.05, 4.69) is 278 Å². The second-order valence-electron chi connectivity index (χ2n) is 4.90. The van der Waals surface area contributed by atoms with E-state index < -0.39 is 24.8 Å². The van der Waals surface area contributed by atoms with Crippen LogP contribution in [0.4, 0.5) is 0 Å². The molecule has 27 heavy (non-hydrogen) atoms. The summed E-state index contributed by atoms with van der Waals surface area (Å²) < 4.78 is -6.88. The van der Waals surface area contributed by atoms with Gasteiger partial charge in [-0.1, -0.05) is 278 Å². The van der Waals surface area contributed by atoms with Crippen LogP contribution in [0.2, 0.25) is 0 Å². The van der Waals surface area contributed by atoms with Gasteiger partial charge in [0.05, 0.1) is 0 Å². The maximum atomic E-state index is 4.00. The Morgan fingerprint density at radius 3 is 0.815 bits per heavy atom. The highest BCUT2D eigenvalue weighted by Gasteiger charge is 2.77. The van der Waals surface area contributed by atoms with Crippen molar-refractivity contribution in [1.29, 1.82) is 0 Å². The Balaban J connectivity index is 6.65. The maximum Gasteiger partial charge on any atom is 0.162 e. The summed E-state index contributed by atoms with van der Waals surface area (Å²) in [5.41, 5.74) is 0. The molecule has 1 radical (unpaired) electrons. The predicted molar refractivity (Wildman–Crippen MR) is 184 cm³/mol. The number of hydrogen-bond acceptors (Lipinski definition) is 0. The molecule has 0 aliphatic heterocycles. The lowest BCUT2D eigenvalue weighted by atomic mass is 10.1. The molecule has 163 valence electrons. The lowest BCUT2D eigenvalue weighted by Gasteiger charge is -2.57. The van der Waals surface area contributed by atoms with E-state index in [9.17, 15) is 0 Å². The van der Waals surface area contributed by atoms with Crippen molar-refractivity contribution in [2.75, 3.05) is 0 Å². The first-order valence-electron chi connectivity index (χ1n) is 5.82. The molecule has 0 aliphatic rings. The third-order valence-corrected chi connectivity index (χ3v) is 37.3. The summed E-state index contributed by atoms with van der Waals surface area (Å²) in [6.45, 7) is 4.00. The Labute approximate surface area is 302 Å². The zero-order valence-corrected chi connectivity index (χ0v) is 38.8. The summed E-state index contributed by atoms with van der Waals surface area (Å²) in [4.78, 5) is 0. The van der Waals surface area contributed by atoms with Crippen molar-refractivity contribution in [3.63, 3.8) is 0 Å². The molecule has 0 fully saturated rings. The fourth-order valence-electron chi connectivity index (χ4n) is 1.35. The van der Waals surface area contributed by atoms with E-state index in [1.54, 1.807) is 0 Å². The predicted octanol–water partition coefficient (Wildman–Crippen LogP) is 13.5. The lowest BCUT2D eigenvalue weighted by molar-refractivity contribution is 0.579. The third-order valence-electron chi connectivity index (χ3n) is 3.10. The Bertz CT molecular complexity index is 538. The van der Waals surface area contributed by atoms with E-state index in [1.165, 1.54) is 0 Å². The molecule has 0 aromatic carbocycles. The van der Waals surface area contributed by atoms with Gasteiger partial charge in [0.25, 0.3) is 0 Å². The molecular weight excluding hydrogens is 1480 g/mol. The van der Waals surface area contributed by atoms with Crippen LogP contribution in [0.5, 0.6) is 0 Å². The SMILES string of the molecule is [CH2]CC(Br)(Br)C(Br)(Br)C(Br)(Br)C(Br)(Br)C(Br)(Br)C(Br)(Br)C(Br)(Br)C(Br)(Br)Br. The van der Waals surface area contributed by atoms with Crippen molar-refractivity contribution >= 4 is 271 Å². The monoisotopic (exact) mass is 1470 g/mol. The van der Waals surface area contributed by atoms with E-state index in [4.69, 9.17) is 0 Å². The normalized spacial score (nSPS) is 16.7. The molecule has 0 aromatic rings. The molecule has 0 rings (SSSR count). The smallest absolute Gasteiger partial charge is 0.0701 e. The van der Waals surface area contributed by atoms with Crippen molar-refractivity contribution in [3.05, 3.63) is 6.92 Å². The van der Waals surface area contributed by atoms with E-state index in [1.807, 2.05) is 0 Å². The fourth-order valence-corrected chi connectivity index (χ4v) is 16.2. The molecule has 0 saturated heterocycles. The zero-order valence-electron chi connectivity index (χ0n) is 11.8. The molecule has 0 heterocycles. The van der Waals surface area contributed by atoms with E-state index in [0.717, 1.165) is 0 Å². The van der Waals surface area contributed by atoms with Crippen LogP contribution < -0.4 is 0 Å². The molecule has 0 bridgehead atoms. The average molecular weight is 1480 g/mol. The van der Waals surface area contributed by atoms with Crippen molar-refractivity contribution in [1.82, 2.24) is 0 Å². The summed E-state index contributed by atoms with van der Waals surface area (Å²) >= 11 is 63.6. The van der Waals surface area contributed by atoms with Gasteiger partial charge in [-0.05, 0) is 6.42 Å². The standard InChI is InChI=1S/C10H4Br17/c1-2-3(11,12)4(13,14)5(15,16)6(17,18)7(19,20)8(21,22)9(23,24)10(25,26)27/h1-2H2. The fraction of sp³-hybridized carbons (Fsp3) is 0.900. The Hall–Kier alpha value is 8.16. The molecule has 0 nitrogen and oxygen atoms in total. The summed E-state index contributed by atoms with van der Waals surface area (Å²) in [5.74, 6) is 0. The molecule has 0 spiro atoms. The molecular formula is C10H4Br17. The minimum Gasteiger partial charge on any atom is -0.0701 e. The average Bonchev–Trinajstić information content (AvgIpc) is 2.44. The van der Waals surface area contributed by atoms with Gasteiger partial charge < -0.3 is 0 Å². The number of rotatable bonds is 7. The third kappa shape index (κ3) is 6.42. The summed E-state index contributed by atoms with van der Waals surface area (Å²) in [7, 11) is 0. The van der Waals surface area contributed by atoms with E-state index in [-0.39, 0.29) is 0 Å². The topological polar surface area (TPSA) is 0 Å². The largest absolute Gasteiger partial charge is 0.162 e. The van der Waals surface area contributed by atoms with Gasteiger partial charge in [0, 0.05) is 0 Å². The van der Waals surface area contributed by atoms with Crippen LogP contribution in [-0.2, 0) is 0 Å². The van der Waals surface area contributed by atoms with Crippen molar-refractivity contribution in [2.45, 2.75) is 31.2 Å². The quantitative estimate of drug-likeness (QED) is 0.223. The minimum absolute atomic E-state index is 0.498. The van der Waals surface area contributed by atoms with Crippen molar-refractivity contribution < 1.29 is 0 Å². The molecule has 0 unspecified atom stereocenters. The molecule has 0 atom stereocenters. The lowest BCUT2D eigenvalue weighted by Crippen LogP contribution is -2.67. The number of hydrogen-bond donors (Lipinski definition) is 0. The van der Waals surface area contributed by atoms with Gasteiger partial charge in [-0.3, -0.25) is 0 Å². The van der Waals surface area contributed by atoms with Gasteiger partial charge in [-0.2, -0.15) is 0 Å². The first-order valence-corrected chi connectivity index (χ1v) is 19.3. The number of alkyl halides is 17. The second-order valence-corrected chi connectivity index (χ2v) is 36.1. The minimum atomic E-state index is -0.968. The summed E-state index contributed by atoms with van der Waals surface area (Å²) in [5, 5.41) is 0. The Morgan fingerprint density at radius 1 is 0.370 bits per heavy atom. The van der Waals surface area contributed by atoms with Gasteiger partial charge in [0.2, 0.25) is 0 Å². The van der Waals surface area contributed by atoms with E-state index >= 15 is 0 Å². The van der Waals surface area contributed by atoms with Crippen molar-refractivity contribution in [2.24, 2.45) is 0 Å². The number of halogens is 17. The van der Waals surface area contributed by atoms with Crippen LogP contribution in [0, 0.1) is 6.92 Å². The van der Waals surface area contributed by atoms with Gasteiger partial charge in [0.15, 0.2) is 2.14 Å². The maximum absolute atomic E-state index is 4.00. The van der Waals surface area contributed by atoms with Gasteiger partial charge in [-0.15, -0.1) is 0 Å². The van der Waals surface area contributed by atoms with Crippen LogP contribution in [0.25, 0.3) is 0 Å². The summed E-state index contributed by atoms with van der Waals surface area (Å²) in [6, 6.07) is 0. The highest BCUT2D eigenvalue weighted by Crippen LogP contribution is 2.78.